The summed E-state index contributed by atoms with van der Waals surface area (Å²) in [7, 11) is 1.77. The van der Waals surface area contributed by atoms with Crippen molar-refractivity contribution in [2.75, 3.05) is 26.8 Å². The minimum Gasteiger partial charge on any atom is -0.388 e. The van der Waals surface area contributed by atoms with Crippen LogP contribution >= 0.6 is 0 Å². The fraction of sp³-hybridized carbons (Fsp3) is 0.933. The van der Waals surface area contributed by atoms with Crippen molar-refractivity contribution >= 4 is 5.91 Å². The van der Waals surface area contributed by atoms with Gasteiger partial charge in [-0.1, -0.05) is 19.3 Å². The van der Waals surface area contributed by atoms with Gasteiger partial charge < -0.3 is 20.5 Å². The van der Waals surface area contributed by atoms with Crippen LogP contribution in [0.1, 0.15) is 51.4 Å². The summed E-state index contributed by atoms with van der Waals surface area (Å²) >= 11 is 0. The van der Waals surface area contributed by atoms with Crippen LogP contribution in [0.3, 0.4) is 0 Å². The van der Waals surface area contributed by atoms with E-state index in [1.807, 2.05) is 0 Å². The number of likely N-dealkylation sites (N-methyl/N-ethyl adjacent to an activating group) is 1. The van der Waals surface area contributed by atoms with Crippen molar-refractivity contribution in [2.45, 2.75) is 62.5 Å². The lowest BCUT2D eigenvalue weighted by Gasteiger charge is -2.38. The van der Waals surface area contributed by atoms with Gasteiger partial charge >= 0.3 is 0 Å². The number of nitrogens with two attached hydrogens (primary N) is 1. The molecule has 0 bridgehead atoms. The SMILES string of the molecule is CN(CC1(O)CCOCC1)C(=O)CC1(N)CCCCC1. The molecule has 2 rings (SSSR count). The molecule has 20 heavy (non-hydrogen) atoms. The third kappa shape index (κ3) is 4.17. The van der Waals surface area contributed by atoms with Gasteiger partial charge in [-0.05, 0) is 12.8 Å². The molecule has 0 unspecified atom stereocenters. The van der Waals surface area contributed by atoms with Crippen LogP contribution in [-0.2, 0) is 9.53 Å². The molecule has 0 aromatic rings. The van der Waals surface area contributed by atoms with E-state index in [0.717, 1.165) is 25.7 Å². The first-order valence-corrected chi connectivity index (χ1v) is 7.76. The normalized spacial score (nSPS) is 25.1. The third-order valence-electron chi connectivity index (χ3n) is 4.73. The molecule has 0 aromatic heterocycles. The van der Waals surface area contributed by atoms with Gasteiger partial charge in [0, 0.05) is 51.6 Å². The maximum atomic E-state index is 12.3. The molecule has 3 N–H and O–H groups in total. The quantitative estimate of drug-likeness (QED) is 0.809. The maximum absolute atomic E-state index is 12.3. The average molecular weight is 284 g/mol. The molecule has 0 atom stereocenters. The molecule has 1 amide bonds. The van der Waals surface area contributed by atoms with Gasteiger partial charge in [0.1, 0.15) is 0 Å². The number of hydrogen-bond acceptors (Lipinski definition) is 4. The minimum absolute atomic E-state index is 0.0503. The van der Waals surface area contributed by atoms with Crippen molar-refractivity contribution in [1.82, 2.24) is 4.90 Å². The summed E-state index contributed by atoms with van der Waals surface area (Å²) in [5.41, 5.74) is 5.21. The largest absolute Gasteiger partial charge is 0.388 e. The van der Waals surface area contributed by atoms with Crippen molar-refractivity contribution in [3.8, 4) is 0 Å². The lowest BCUT2D eigenvalue weighted by atomic mass is 9.80. The number of amides is 1. The predicted molar refractivity (Wildman–Crippen MR) is 77.3 cm³/mol. The Morgan fingerprint density at radius 1 is 1.20 bits per heavy atom. The smallest absolute Gasteiger partial charge is 0.224 e. The van der Waals surface area contributed by atoms with Crippen molar-refractivity contribution in [3.63, 3.8) is 0 Å². The molecule has 0 radical (unpaired) electrons. The molecule has 5 nitrogen and oxygen atoms in total. The van der Waals surface area contributed by atoms with Crippen molar-refractivity contribution in [3.05, 3.63) is 0 Å². The zero-order valence-electron chi connectivity index (χ0n) is 12.6. The Bertz CT molecular complexity index is 334. The monoisotopic (exact) mass is 284 g/mol. The highest BCUT2D eigenvalue weighted by Crippen LogP contribution is 2.29. The zero-order valence-corrected chi connectivity index (χ0v) is 12.6. The fourth-order valence-corrected chi connectivity index (χ4v) is 3.31. The summed E-state index contributed by atoms with van der Waals surface area (Å²) in [5, 5.41) is 10.5. The van der Waals surface area contributed by atoms with Crippen LogP contribution < -0.4 is 5.73 Å². The van der Waals surface area contributed by atoms with E-state index in [0.29, 0.717) is 39.0 Å². The van der Waals surface area contributed by atoms with E-state index in [4.69, 9.17) is 10.5 Å². The Labute approximate surface area is 121 Å². The Morgan fingerprint density at radius 2 is 1.80 bits per heavy atom. The maximum Gasteiger partial charge on any atom is 0.224 e. The van der Waals surface area contributed by atoms with Crippen LogP contribution in [-0.4, -0.2) is 53.9 Å². The predicted octanol–water partition coefficient (Wildman–Crippen LogP) is 1.04. The molecule has 2 aliphatic rings. The molecule has 1 saturated carbocycles. The summed E-state index contributed by atoms with van der Waals surface area (Å²) in [6.45, 7) is 1.52. The fourth-order valence-electron chi connectivity index (χ4n) is 3.31. The minimum atomic E-state index is -0.795. The second-order valence-corrected chi connectivity index (χ2v) is 6.69. The van der Waals surface area contributed by atoms with Gasteiger partial charge in [0.15, 0.2) is 0 Å². The van der Waals surface area contributed by atoms with Gasteiger partial charge in [0.05, 0.1) is 5.60 Å². The average Bonchev–Trinajstić information content (AvgIpc) is 2.39. The van der Waals surface area contributed by atoms with Gasteiger partial charge in [-0.15, -0.1) is 0 Å². The molecule has 1 heterocycles. The summed E-state index contributed by atoms with van der Waals surface area (Å²) in [6.07, 6.45) is 6.93. The number of carbonyl (C=O) groups is 1. The lowest BCUT2D eigenvalue weighted by molar-refractivity contribution is -0.138. The summed E-state index contributed by atoms with van der Waals surface area (Å²) in [5.74, 6) is 0.0503. The van der Waals surface area contributed by atoms with Crippen LogP contribution in [0, 0.1) is 0 Å². The summed E-state index contributed by atoms with van der Waals surface area (Å²) < 4.78 is 5.26. The van der Waals surface area contributed by atoms with Gasteiger partial charge in [0.25, 0.3) is 0 Å². The van der Waals surface area contributed by atoms with Crippen molar-refractivity contribution < 1.29 is 14.6 Å². The molecule has 1 saturated heterocycles. The number of rotatable bonds is 4. The molecule has 1 aliphatic heterocycles. The molecule has 5 heteroatoms. The standard InChI is InChI=1S/C15H28N2O3/c1-17(12-15(19)7-9-20-10-8-15)13(18)11-14(16)5-3-2-4-6-14/h19H,2-12,16H2,1H3. The summed E-state index contributed by atoms with van der Waals surface area (Å²) in [6, 6.07) is 0. The van der Waals surface area contributed by atoms with Gasteiger partial charge in [-0.2, -0.15) is 0 Å². The molecular weight excluding hydrogens is 256 g/mol. The van der Waals surface area contributed by atoms with Gasteiger partial charge in [0.2, 0.25) is 5.91 Å². The first kappa shape index (κ1) is 15.7. The van der Waals surface area contributed by atoms with Crippen molar-refractivity contribution in [2.24, 2.45) is 5.73 Å². The number of ether oxygens (including phenoxy) is 1. The molecule has 1 aliphatic carbocycles. The van der Waals surface area contributed by atoms with E-state index >= 15 is 0 Å². The highest BCUT2D eigenvalue weighted by Gasteiger charge is 2.35. The molecule has 0 aromatic carbocycles. The first-order chi connectivity index (χ1) is 9.43. The van der Waals surface area contributed by atoms with Crippen LogP contribution in [0.5, 0.6) is 0 Å². The number of hydrogen-bond donors (Lipinski definition) is 2. The van der Waals surface area contributed by atoms with Crippen LogP contribution in [0.15, 0.2) is 0 Å². The van der Waals surface area contributed by atoms with E-state index in [-0.39, 0.29) is 11.4 Å². The Kier molecular flexibility index (Phi) is 5.04. The first-order valence-electron chi connectivity index (χ1n) is 7.76. The third-order valence-corrected chi connectivity index (χ3v) is 4.73. The van der Waals surface area contributed by atoms with Crippen molar-refractivity contribution in [1.29, 1.82) is 0 Å². The van der Waals surface area contributed by atoms with Crippen LogP contribution in [0.4, 0.5) is 0 Å². The van der Waals surface area contributed by atoms with E-state index < -0.39 is 5.60 Å². The number of aliphatic hydroxyl groups is 1. The van der Waals surface area contributed by atoms with E-state index in [1.54, 1.807) is 11.9 Å². The number of carbonyl (C=O) groups excluding carboxylic acids is 1. The lowest BCUT2D eigenvalue weighted by Crippen LogP contribution is -2.50. The van der Waals surface area contributed by atoms with Crippen LogP contribution in [0.2, 0.25) is 0 Å². The van der Waals surface area contributed by atoms with Gasteiger partial charge in [-0.25, -0.2) is 0 Å². The van der Waals surface area contributed by atoms with E-state index in [9.17, 15) is 9.90 Å². The second kappa shape index (κ2) is 6.41. The highest BCUT2D eigenvalue weighted by molar-refractivity contribution is 5.77. The molecule has 2 fully saturated rings. The Morgan fingerprint density at radius 3 is 2.40 bits per heavy atom. The van der Waals surface area contributed by atoms with E-state index in [1.165, 1.54) is 6.42 Å². The molecule has 0 spiro atoms. The van der Waals surface area contributed by atoms with Gasteiger partial charge in [-0.3, -0.25) is 4.79 Å². The second-order valence-electron chi connectivity index (χ2n) is 6.69. The number of nitrogens with zero attached hydrogens (tertiary/aromatic N) is 1. The Balaban J connectivity index is 1.85. The highest BCUT2D eigenvalue weighted by atomic mass is 16.5. The zero-order chi connectivity index (χ0) is 14.6. The topological polar surface area (TPSA) is 75.8 Å². The molecular formula is C15H28N2O3. The Hall–Kier alpha value is -0.650. The van der Waals surface area contributed by atoms with Crippen LogP contribution in [0.25, 0.3) is 0 Å². The molecule has 116 valence electrons. The van der Waals surface area contributed by atoms with E-state index in [2.05, 4.69) is 0 Å². The summed E-state index contributed by atoms with van der Waals surface area (Å²) in [4.78, 5) is 14.0.